The number of anilines is 1. The molecule has 82 valence electrons. The number of morpholine rings is 1. The third kappa shape index (κ3) is 2.64. The molecule has 15 heavy (non-hydrogen) atoms. The van der Waals surface area contributed by atoms with E-state index in [4.69, 9.17) is 9.47 Å². The van der Waals surface area contributed by atoms with Crippen LogP contribution in [0, 0.1) is 0 Å². The zero-order valence-corrected chi connectivity index (χ0v) is 8.85. The molecule has 2 rings (SSSR count). The second-order valence-electron chi connectivity index (χ2n) is 3.36. The van der Waals surface area contributed by atoms with Crippen LogP contribution in [0.2, 0.25) is 0 Å². The molecule has 5 nitrogen and oxygen atoms in total. The third-order valence-corrected chi connectivity index (χ3v) is 2.30. The Morgan fingerprint density at radius 1 is 1.47 bits per heavy atom. The summed E-state index contributed by atoms with van der Waals surface area (Å²) in [6, 6.07) is 1.92. The van der Waals surface area contributed by atoms with Crippen molar-refractivity contribution >= 4 is 5.82 Å². The van der Waals surface area contributed by atoms with E-state index in [0.29, 0.717) is 6.61 Å². The van der Waals surface area contributed by atoms with Crippen LogP contribution in [0.5, 0.6) is 0 Å². The molecule has 2 heterocycles. The van der Waals surface area contributed by atoms with Gasteiger partial charge in [-0.15, -0.1) is 0 Å². The molecule has 0 N–H and O–H groups in total. The lowest BCUT2D eigenvalue weighted by atomic mass is 10.4. The molecule has 0 bridgehead atoms. The minimum Gasteiger partial charge on any atom is -0.378 e. The summed E-state index contributed by atoms with van der Waals surface area (Å²) >= 11 is 0. The lowest BCUT2D eigenvalue weighted by Crippen LogP contribution is -2.36. The highest BCUT2D eigenvalue weighted by molar-refractivity contribution is 5.37. The van der Waals surface area contributed by atoms with Gasteiger partial charge in [0.2, 0.25) is 0 Å². The largest absolute Gasteiger partial charge is 0.378 e. The van der Waals surface area contributed by atoms with Gasteiger partial charge in [-0.05, 0) is 6.07 Å². The van der Waals surface area contributed by atoms with Crippen molar-refractivity contribution in [3.8, 4) is 0 Å². The van der Waals surface area contributed by atoms with Crippen molar-refractivity contribution in [1.29, 1.82) is 0 Å². The molecule has 0 amide bonds. The first-order valence-corrected chi connectivity index (χ1v) is 5.03. The molecule has 1 fully saturated rings. The summed E-state index contributed by atoms with van der Waals surface area (Å²) in [6.45, 7) is 3.78. The highest BCUT2D eigenvalue weighted by Crippen LogP contribution is 2.11. The summed E-state index contributed by atoms with van der Waals surface area (Å²) in [6.07, 6.45) is 1.77. The van der Waals surface area contributed by atoms with Gasteiger partial charge in [-0.25, -0.2) is 9.97 Å². The van der Waals surface area contributed by atoms with Crippen LogP contribution in [0.1, 0.15) is 5.82 Å². The standard InChI is InChI=1S/C10H15N3O2/c1-14-8-9-11-3-2-10(12-9)13-4-6-15-7-5-13/h2-3H,4-8H2,1H3. The summed E-state index contributed by atoms with van der Waals surface area (Å²) in [5, 5.41) is 0. The lowest BCUT2D eigenvalue weighted by molar-refractivity contribution is 0.122. The first kappa shape index (κ1) is 10.3. The lowest BCUT2D eigenvalue weighted by Gasteiger charge is -2.27. The van der Waals surface area contributed by atoms with E-state index in [2.05, 4.69) is 14.9 Å². The SMILES string of the molecule is COCc1nccc(N2CCOCC2)n1. The molecule has 1 aromatic heterocycles. The number of rotatable bonds is 3. The van der Waals surface area contributed by atoms with Gasteiger partial charge in [-0.1, -0.05) is 0 Å². The van der Waals surface area contributed by atoms with Gasteiger partial charge in [-0.3, -0.25) is 0 Å². The van der Waals surface area contributed by atoms with Crippen molar-refractivity contribution in [3.05, 3.63) is 18.1 Å². The molecule has 0 aromatic carbocycles. The maximum absolute atomic E-state index is 5.29. The van der Waals surface area contributed by atoms with E-state index in [-0.39, 0.29) is 0 Å². The molecule has 0 saturated carbocycles. The van der Waals surface area contributed by atoms with Crippen LogP contribution in [0.15, 0.2) is 12.3 Å². The zero-order chi connectivity index (χ0) is 10.5. The molecule has 0 unspecified atom stereocenters. The summed E-state index contributed by atoms with van der Waals surface area (Å²) in [5.41, 5.74) is 0. The van der Waals surface area contributed by atoms with Crippen LogP contribution in [0.25, 0.3) is 0 Å². The van der Waals surface area contributed by atoms with Gasteiger partial charge in [0.05, 0.1) is 13.2 Å². The quantitative estimate of drug-likeness (QED) is 0.723. The number of methoxy groups -OCH3 is 1. The Bertz CT molecular complexity index is 313. The normalized spacial score (nSPS) is 16.7. The topological polar surface area (TPSA) is 47.5 Å². The highest BCUT2D eigenvalue weighted by Gasteiger charge is 2.12. The molecule has 1 saturated heterocycles. The molecule has 0 aliphatic carbocycles. The average molecular weight is 209 g/mol. The Hall–Kier alpha value is -1.20. The first-order chi connectivity index (χ1) is 7.40. The number of ether oxygens (including phenoxy) is 2. The van der Waals surface area contributed by atoms with Crippen LogP contribution < -0.4 is 4.90 Å². The summed E-state index contributed by atoms with van der Waals surface area (Å²) in [5.74, 6) is 1.68. The summed E-state index contributed by atoms with van der Waals surface area (Å²) < 4.78 is 10.3. The Balaban J connectivity index is 2.09. The van der Waals surface area contributed by atoms with Gasteiger partial charge in [0, 0.05) is 26.4 Å². The molecule has 1 aliphatic heterocycles. The predicted octanol–water partition coefficient (Wildman–Crippen LogP) is 0.460. The number of hydrogen-bond donors (Lipinski definition) is 0. The van der Waals surface area contributed by atoms with E-state index in [1.54, 1.807) is 13.3 Å². The van der Waals surface area contributed by atoms with Gasteiger partial charge >= 0.3 is 0 Å². The maximum atomic E-state index is 5.29. The van der Waals surface area contributed by atoms with Crippen LogP contribution >= 0.6 is 0 Å². The van der Waals surface area contributed by atoms with Gasteiger partial charge in [0.1, 0.15) is 12.4 Å². The van der Waals surface area contributed by atoms with Crippen molar-refractivity contribution in [1.82, 2.24) is 9.97 Å². The van der Waals surface area contributed by atoms with Crippen LogP contribution in [-0.4, -0.2) is 43.4 Å². The van der Waals surface area contributed by atoms with Gasteiger partial charge in [0.25, 0.3) is 0 Å². The van der Waals surface area contributed by atoms with Crippen molar-refractivity contribution in [2.45, 2.75) is 6.61 Å². The van der Waals surface area contributed by atoms with Gasteiger partial charge in [-0.2, -0.15) is 0 Å². The van der Waals surface area contributed by atoms with Crippen LogP contribution in [0.4, 0.5) is 5.82 Å². The predicted molar refractivity (Wildman–Crippen MR) is 55.8 cm³/mol. The van der Waals surface area contributed by atoms with E-state index in [9.17, 15) is 0 Å². The van der Waals surface area contributed by atoms with Crippen molar-refractivity contribution in [2.75, 3.05) is 38.3 Å². The maximum Gasteiger partial charge on any atom is 0.156 e. The molecular formula is C10H15N3O2. The summed E-state index contributed by atoms with van der Waals surface area (Å²) in [7, 11) is 1.64. The van der Waals surface area contributed by atoms with E-state index in [1.165, 1.54) is 0 Å². The van der Waals surface area contributed by atoms with Gasteiger partial charge in [0.15, 0.2) is 5.82 Å². The fraction of sp³-hybridized carbons (Fsp3) is 0.600. The van der Waals surface area contributed by atoms with E-state index in [0.717, 1.165) is 37.9 Å². The molecule has 5 heteroatoms. The third-order valence-electron chi connectivity index (χ3n) is 2.30. The van der Waals surface area contributed by atoms with Crippen LogP contribution in [-0.2, 0) is 16.1 Å². The molecule has 0 spiro atoms. The molecule has 0 radical (unpaired) electrons. The Morgan fingerprint density at radius 2 is 2.27 bits per heavy atom. The minimum atomic E-state index is 0.457. The molecular weight excluding hydrogens is 194 g/mol. The zero-order valence-electron chi connectivity index (χ0n) is 8.85. The molecule has 1 aromatic rings. The number of aromatic nitrogens is 2. The molecule has 1 aliphatic rings. The monoisotopic (exact) mass is 209 g/mol. The Morgan fingerprint density at radius 3 is 3.00 bits per heavy atom. The van der Waals surface area contributed by atoms with Crippen molar-refractivity contribution in [2.24, 2.45) is 0 Å². The second-order valence-corrected chi connectivity index (χ2v) is 3.36. The number of nitrogens with zero attached hydrogens (tertiary/aromatic N) is 3. The smallest absolute Gasteiger partial charge is 0.156 e. The fourth-order valence-electron chi connectivity index (χ4n) is 1.56. The van der Waals surface area contributed by atoms with Crippen LogP contribution in [0.3, 0.4) is 0 Å². The van der Waals surface area contributed by atoms with E-state index >= 15 is 0 Å². The molecule has 0 atom stereocenters. The Kier molecular flexibility index (Phi) is 3.47. The first-order valence-electron chi connectivity index (χ1n) is 5.03. The van der Waals surface area contributed by atoms with E-state index < -0.39 is 0 Å². The van der Waals surface area contributed by atoms with Gasteiger partial charge < -0.3 is 14.4 Å². The number of hydrogen-bond acceptors (Lipinski definition) is 5. The highest BCUT2D eigenvalue weighted by atomic mass is 16.5. The second kappa shape index (κ2) is 5.04. The fourth-order valence-corrected chi connectivity index (χ4v) is 1.56. The average Bonchev–Trinajstić information content (AvgIpc) is 2.31. The van der Waals surface area contributed by atoms with Crippen molar-refractivity contribution in [3.63, 3.8) is 0 Å². The van der Waals surface area contributed by atoms with E-state index in [1.807, 2.05) is 6.07 Å². The summed E-state index contributed by atoms with van der Waals surface area (Å²) in [4.78, 5) is 10.7. The Labute approximate surface area is 89.0 Å². The van der Waals surface area contributed by atoms with Crippen molar-refractivity contribution < 1.29 is 9.47 Å². The minimum absolute atomic E-state index is 0.457.